The quantitative estimate of drug-likeness (QED) is 0.436. The van der Waals surface area contributed by atoms with E-state index in [1.54, 1.807) is 0 Å². The van der Waals surface area contributed by atoms with Crippen LogP contribution in [0.4, 0.5) is 0 Å². The van der Waals surface area contributed by atoms with Crippen LogP contribution in [0, 0.1) is 0 Å². The molecule has 6 rings (SSSR count). The third-order valence-corrected chi connectivity index (χ3v) is 5.63. The van der Waals surface area contributed by atoms with Crippen LogP contribution in [-0.2, 0) is 6.61 Å². The summed E-state index contributed by atoms with van der Waals surface area (Å²) < 4.78 is 6.05. The minimum atomic E-state index is 0.308. The minimum Gasteiger partial charge on any atom is -0.487 e. The lowest BCUT2D eigenvalue weighted by Crippen LogP contribution is -2.10. The fraction of sp³-hybridized carbons (Fsp3) is 0.130. The molecule has 0 spiro atoms. The monoisotopic (exact) mass is 336 g/mol. The first-order valence-electron chi connectivity index (χ1n) is 8.95. The molecule has 0 bridgehead atoms. The Balaban J connectivity index is 1.69. The first-order chi connectivity index (χ1) is 12.8. The number of benzene rings is 2. The lowest BCUT2D eigenvalue weighted by Gasteiger charge is -2.24. The number of hydrogen-bond acceptors (Lipinski definition) is 3. The molecule has 0 fully saturated rings. The van der Waals surface area contributed by atoms with E-state index in [1.165, 1.54) is 27.8 Å². The average molecular weight is 336 g/mol. The molecule has 3 heteroatoms. The van der Waals surface area contributed by atoms with Crippen molar-refractivity contribution in [3.8, 4) is 28.3 Å². The standard InChI is InChI=1S/C23H16N2O/c1-13-16-6-4-10-24-22(16)17-9-8-15-12-26-19-11-14-5-2-3-7-18(14)25-23(19)21(15)20(13)17/h2-11,13H,12H2,1H3. The van der Waals surface area contributed by atoms with Crippen LogP contribution in [0.5, 0.6) is 5.75 Å². The van der Waals surface area contributed by atoms with E-state index in [9.17, 15) is 0 Å². The molecule has 1 aliphatic heterocycles. The highest BCUT2D eigenvalue weighted by molar-refractivity contribution is 5.91. The van der Waals surface area contributed by atoms with E-state index in [2.05, 4.69) is 48.3 Å². The van der Waals surface area contributed by atoms with Gasteiger partial charge in [0.25, 0.3) is 0 Å². The van der Waals surface area contributed by atoms with Crippen LogP contribution in [0.25, 0.3) is 33.4 Å². The first kappa shape index (κ1) is 14.0. The number of aromatic nitrogens is 2. The molecule has 3 nitrogen and oxygen atoms in total. The van der Waals surface area contributed by atoms with Crippen LogP contribution in [0.2, 0.25) is 0 Å². The number of hydrogen-bond donors (Lipinski definition) is 0. The van der Waals surface area contributed by atoms with Crippen molar-refractivity contribution in [2.75, 3.05) is 0 Å². The van der Waals surface area contributed by atoms with E-state index in [4.69, 9.17) is 9.72 Å². The fourth-order valence-corrected chi connectivity index (χ4v) is 4.41. The molecule has 0 N–H and O–H groups in total. The van der Waals surface area contributed by atoms with E-state index in [0.717, 1.165) is 28.0 Å². The van der Waals surface area contributed by atoms with Crippen molar-refractivity contribution in [2.24, 2.45) is 0 Å². The molecule has 4 aromatic rings. The highest BCUT2D eigenvalue weighted by Gasteiger charge is 2.33. The molecule has 1 aliphatic carbocycles. The SMILES string of the molecule is CC1c2cccnc2-c2ccc3c(c21)-c1nc2ccccc2cc1OC3. The second-order valence-electron chi connectivity index (χ2n) is 7.04. The predicted octanol–water partition coefficient (Wildman–Crippen LogP) is 5.32. The largest absolute Gasteiger partial charge is 0.487 e. The Kier molecular flexibility index (Phi) is 2.65. The van der Waals surface area contributed by atoms with Crippen molar-refractivity contribution < 1.29 is 4.74 Å². The molecule has 26 heavy (non-hydrogen) atoms. The van der Waals surface area contributed by atoms with Gasteiger partial charge in [0.2, 0.25) is 0 Å². The van der Waals surface area contributed by atoms with Gasteiger partial charge in [-0.3, -0.25) is 4.98 Å². The first-order valence-corrected chi connectivity index (χ1v) is 8.95. The summed E-state index contributed by atoms with van der Waals surface area (Å²) in [4.78, 5) is 9.64. The normalized spacial score (nSPS) is 16.4. The minimum absolute atomic E-state index is 0.308. The third kappa shape index (κ3) is 1.72. The summed E-state index contributed by atoms with van der Waals surface area (Å²) in [6.45, 7) is 2.86. The van der Waals surface area contributed by atoms with Crippen molar-refractivity contribution in [3.05, 3.63) is 77.5 Å². The van der Waals surface area contributed by atoms with Gasteiger partial charge in [0.05, 0.1) is 11.2 Å². The Morgan fingerprint density at radius 2 is 1.92 bits per heavy atom. The summed E-state index contributed by atoms with van der Waals surface area (Å²) in [5.74, 6) is 1.18. The molecule has 0 saturated carbocycles. The lowest BCUT2D eigenvalue weighted by atomic mass is 9.88. The van der Waals surface area contributed by atoms with Crippen molar-refractivity contribution in [2.45, 2.75) is 19.4 Å². The number of rotatable bonds is 0. The van der Waals surface area contributed by atoms with Crippen LogP contribution in [0.15, 0.2) is 60.8 Å². The van der Waals surface area contributed by atoms with Gasteiger partial charge in [0, 0.05) is 28.6 Å². The summed E-state index contributed by atoms with van der Waals surface area (Å²) in [6.07, 6.45) is 1.88. The van der Waals surface area contributed by atoms with Gasteiger partial charge in [0.1, 0.15) is 18.1 Å². The second-order valence-corrected chi connectivity index (χ2v) is 7.04. The Morgan fingerprint density at radius 1 is 1.00 bits per heavy atom. The smallest absolute Gasteiger partial charge is 0.146 e. The van der Waals surface area contributed by atoms with E-state index in [0.29, 0.717) is 12.5 Å². The van der Waals surface area contributed by atoms with Gasteiger partial charge >= 0.3 is 0 Å². The maximum Gasteiger partial charge on any atom is 0.146 e. The van der Waals surface area contributed by atoms with Gasteiger partial charge in [-0.1, -0.05) is 43.3 Å². The van der Waals surface area contributed by atoms with Gasteiger partial charge in [-0.15, -0.1) is 0 Å². The number of ether oxygens (including phenoxy) is 1. The molecule has 1 unspecified atom stereocenters. The third-order valence-electron chi connectivity index (χ3n) is 5.63. The zero-order valence-electron chi connectivity index (χ0n) is 14.4. The molecular formula is C23H16N2O. The van der Waals surface area contributed by atoms with E-state index in [1.807, 2.05) is 24.4 Å². The zero-order chi connectivity index (χ0) is 17.3. The summed E-state index contributed by atoms with van der Waals surface area (Å²) in [7, 11) is 0. The zero-order valence-corrected chi connectivity index (χ0v) is 14.4. The molecule has 0 saturated heterocycles. The molecular weight excluding hydrogens is 320 g/mol. The number of para-hydroxylation sites is 1. The molecule has 3 heterocycles. The van der Waals surface area contributed by atoms with Crippen LogP contribution >= 0.6 is 0 Å². The van der Waals surface area contributed by atoms with E-state index in [-0.39, 0.29) is 0 Å². The van der Waals surface area contributed by atoms with Crippen molar-refractivity contribution in [3.63, 3.8) is 0 Å². The van der Waals surface area contributed by atoms with Crippen molar-refractivity contribution in [1.82, 2.24) is 9.97 Å². The van der Waals surface area contributed by atoms with Gasteiger partial charge in [0.15, 0.2) is 0 Å². The Morgan fingerprint density at radius 3 is 2.88 bits per heavy atom. The second kappa shape index (κ2) is 4.92. The summed E-state index contributed by atoms with van der Waals surface area (Å²) >= 11 is 0. The predicted molar refractivity (Wildman–Crippen MR) is 102 cm³/mol. The number of fused-ring (bicyclic) bond motifs is 8. The Labute approximate surface area is 151 Å². The van der Waals surface area contributed by atoms with Crippen LogP contribution < -0.4 is 4.74 Å². The van der Waals surface area contributed by atoms with E-state index < -0.39 is 0 Å². The molecule has 1 atom stereocenters. The van der Waals surface area contributed by atoms with Crippen LogP contribution in [-0.4, -0.2) is 9.97 Å². The Hall–Kier alpha value is -3.20. The molecule has 2 aliphatic rings. The molecule has 0 radical (unpaired) electrons. The summed E-state index contributed by atoms with van der Waals surface area (Å²) in [5.41, 5.74) is 9.37. The molecule has 0 amide bonds. The molecule has 2 aromatic heterocycles. The Bertz CT molecular complexity index is 1210. The lowest BCUT2D eigenvalue weighted by molar-refractivity contribution is 0.301. The van der Waals surface area contributed by atoms with Crippen LogP contribution in [0.1, 0.15) is 29.5 Å². The highest BCUT2D eigenvalue weighted by atomic mass is 16.5. The summed E-state index contributed by atoms with van der Waals surface area (Å²) in [5, 5.41) is 1.11. The highest BCUT2D eigenvalue weighted by Crippen LogP contribution is 2.51. The van der Waals surface area contributed by atoms with Gasteiger partial charge in [-0.25, -0.2) is 4.98 Å². The van der Waals surface area contributed by atoms with Crippen molar-refractivity contribution >= 4 is 10.9 Å². The van der Waals surface area contributed by atoms with Gasteiger partial charge < -0.3 is 4.74 Å². The molecule has 2 aromatic carbocycles. The average Bonchev–Trinajstić information content (AvgIpc) is 2.99. The maximum absolute atomic E-state index is 6.05. The maximum atomic E-state index is 6.05. The summed E-state index contributed by atoms with van der Waals surface area (Å²) in [6, 6.07) is 18.9. The molecule has 124 valence electrons. The van der Waals surface area contributed by atoms with Gasteiger partial charge in [-0.05, 0) is 34.9 Å². The fourth-order valence-electron chi connectivity index (χ4n) is 4.41. The van der Waals surface area contributed by atoms with Gasteiger partial charge in [-0.2, -0.15) is 0 Å². The van der Waals surface area contributed by atoms with E-state index >= 15 is 0 Å². The number of pyridine rings is 2. The van der Waals surface area contributed by atoms with Crippen molar-refractivity contribution in [1.29, 1.82) is 0 Å². The number of nitrogens with zero attached hydrogens (tertiary/aromatic N) is 2. The van der Waals surface area contributed by atoms with Crippen LogP contribution in [0.3, 0.4) is 0 Å². The topological polar surface area (TPSA) is 35.0 Å².